The maximum absolute atomic E-state index is 13.7. The zero-order valence-corrected chi connectivity index (χ0v) is 22.1. The fourth-order valence-corrected chi connectivity index (χ4v) is 5.01. The number of anilines is 1. The van der Waals surface area contributed by atoms with Crippen LogP contribution in [0.4, 0.5) is 10.4 Å². The standard InChI is InChI=1S/C30H32FN3O5/c1-3-37-26-15-19(16-27(38-4-2)28(26)20-5-8-22(31)9-6-20)18-34(23-11-13-32-14-12-23)30-33-24-10-7-21(29(35)36)17-25(24)39-30/h5-10,15-17,23,32H,3-4,11-14,18H2,1-2H3,(H,35,36). The Morgan fingerprint density at radius 1 is 1.05 bits per heavy atom. The van der Waals surface area contributed by atoms with E-state index in [-0.39, 0.29) is 17.4 Å². The van der Waals surface area contributed by atoms with Crippen LogP contribution in [0.5, 0.6) is 11.5 Å². The second-order valence-electron chi connectivity index (χ2n) is 9.43. The van der Waals surface area contributed by atoms with Crippen LogP contribution in [0.1, 0.15) is 42.6 Å². The van der Waals surface area contributed by atoms with E-state index < -0.39 is 5.97 Å². The number of carboxylic acid groups (broad SMARTS) is 1. The molecule has 1 aliphatic heterocycles. The molecule has 0 aliphatic carbocycles. The van der Waals surface area contributed by atoms with Crippen LogP contribution < -0.4 is 19.7 Å². The van der Waals surface area contributed by atoms with Crippen LogP contribution in [-0.2, 0) is 6.54 Å². The number of aromatic nitrogens is 1. The highest BCUT2D eigenvalue weighted by molar-refractivity contribution is 5.92. The smallest absolute Gasteiger partial charge is 0.335 e. The molecule has 2 heterocycles. The van der Waals surface area contributed by atoms with Gasteiger partial charge in [-0.1, -0.05) is 12.1 Å². The zero-order valence-electron chi connectivity index (χ0n) is 22.1. The van der Waals surface area contributed by atoms with Gasteiger partial charge in [0.05, 0.1) is 24.3 Å². The van der Waals surface area contributed by atoms with Crippen molar-refractivity contribution in [1.82, 2.24) is 10.3 Å². The first-order valence-corrected chi connectivity index (χ1v) is 13.3. The predicted molar refractivity (Wildman–Crippen MR) is 147 cm³/mol. The summed E-state index contributed by atoms with van der Waals surface area (Å²) in [6.45, 7) is 6.99. The van der Waals surface area contributed by atoms with Crippen molar-refractivity contribution in [1.29, 1.82) is 0 Å². The summed E-state index contributed by atoms with van der Waals surface area (Å²) in [6.07, 6.45) is 1.81. The van der Waals surface area contributed by atoms with Crippen LogP contribution in [0.25, 0.3) is 22.2 Å². The lowest BCUT2D eigenvalue weighted by Crippen LogP contribution is -2.43. The van der Waals surface area contributed by atoms with Gasteiger partial charge in [-0.15, -0.1) is 0 Å². The number of oxazole rings is 1. The van der Waals surface area contributed by atoms with Gasteiger partial charge in [-0.2, -0.15) is 4.98 Å². The second-order valence-corrected chi connectivity index (χ2v) is 9.43. The summed E-state index contributed by atoms with van der Waals surface area (Å²) >= 11 is 0. The molecule has 204 valence electrons. The SMILES string of the molecule is CCOc1cc(CN(c2nc3ccc(C(=O)O)cc3o2)C2CCNCC2)cc(OCC)c1-c1ccc(F)cc1. The lowest BCUT2D eigenvalue weighted by Gasteiger charge is -2.34. The van der Waals surface area contributed by atoms with E-state index in [9.17, 15) is 14.3 Å². The highest BCUT2D eigenvalue weighted by Crippen LogP contribution is 2.41. The molecule has 0 atom stereocenters. The Bertz CT molecular complexity index is 1420. The van der Waals surface area contributed by atoms with Gasteiger partial charge in [-0.3, -0.25) is 0 Å². The Morgan fingerprint density at radius 2 is 1.72 bits per heavy atom. The Hall–Kier alpha value is -4.11. The van der Waals surface area contributed by atoms with Crippen LogP contribution in [0.15, 0.2) is 59.0 Å². The molecule has 4 aromatic rings. The number of ether oxygens (including phenoxy) is 2. The Labute approximate surface area is 226 Å². The summed E-state index contributed by atoms with van der Waals surface area (Å²) in [5.74, 6) is -0.0195. The van der Waals surface area contributed by atoms with E-state index in [4.69, 9.17) is 18.9 Å². The van der Waals surface area contributed by atoms with Crippen LogP contribution in [-0.4, -0.2) is 48.4 Å². The molecule has 0 amide bonds. The fourth-order valence-electron chi connectivity index (χ4n) is 5.01. The summed E-state index contributed by atoms with van der Waals surface area (Å²) < 4.78 is 31.9. The number of hydrogen-bond acceptors (Lipinski definition) is 7. The Morgan fingerprint density at radius 3 is 2.33 bits per heavy atom. The highest BCUT2D eigenvalue weighted by Gasteiger charge is 2.27. The third-order valence-corrected chi connectivity index (χ3v) is 6.83. The molecular weight excluding hydrogens is 501 g/mol. The number of benzene rings is 3. The van der Waals surface area contributed by atoms with Gasteiger partial charge in [0.15, 0.2) is 5.58 Å². The predicted octanol–water partition coefficient (Wildman–Crippen LogP) is 5.89. The first kappa shape index (κ1) is 26.5. The van der Waals surface area contributed by atoms with E-state index in [1.54, 1.807) is 18.2 Å². The van der Waals surface area contributed by atoms with E-state index in [2.05, 4.69) is 10.2 Å². The first-order valence-electron chi connectivity index (χ1n) is 13.3. The van der Waals surface area contributed by atoms with E-state index in [1.807, 2.05) is 26.0 Å². The third-order valence-electron chi connectivity index (χ3n) is 6.83. The molecule has 0 radical (unpaired) electrons. The topological polar surface area (TPSA) is 97.1 Å². The van der Waals surface area contributed by atoms with Crippen LogP contribution >= 0.6 is 0 Å². The molecule has 0 unspecified atom stereocenters. The van der Waals surface area contributed by atoms with Gasteiger partial charge >= 0.3 is 5.97 Å². The Kier molecular flexibility index (Phi) is 7.97. The van der Waals surface area contributed by atoms with Crippen molar-refractivity contribution in [3.63, 3.8) is 0 Å². The van der Waals surface area contributed by atoms with Crippen molar-refractivity contribution < 1.29 is 28.2 Å². The molecule has 0 saturated carbocycles. The number of halogens is 1. The number of fused-ring (bicyclic) bond motifs is 1. The number of rotatable bonds is 10. The molecular formula is C30H32FN3O5. The largest absolute Gasteiger partial charge is 0.493 e. The van der Waals surface area contributed by atoms with Crippen molar-refractivity contribution in [2.45, 2.75) is 39.3 Å². The molecule has 1 fully saturated rings. The van der Waals surface area contributed by atoms with E-state index in [1.165, 1.54) is 24.3 Å². The summed E-state index contributed by atoms with van der Waals surface area (Å²) in [4.78, 5) is 18.3. The quantitative estimate of drug-likeness (QED) is 0.261. The number of carbonyl (C=O) groups is 1. The molecule has 2 N–H and O–H groups in total. The molecule has 5 rings (SSSR count). The third kappa shape index (κ3) is 5.83. The number of hydrogen-bond donors (Lipinski definition) is 2. The maximum Gasteiger partial charge on any atom is 0.335 e. The first-order chi connectivity index (χ1) is 19.0. The second kappa shape index (κ2) is 11.7. The van der Waals surface area contributed by atoms with Gasteiger partial charge in [-0.05, 0) is 93.4 Å². The molecule has 39 heavy (non-hydrogen) atoms. The summed E-state index contributed by atoms with van der Waals surface area (Å²) in [7, 11) is 0. The molecule has 9 heteroatoms. The molecule has 3 aromatic carbocycles. The van der Waals surface area contributed by atoms with E-state index >= 15 is 0 Å². The summed E-state index contributed by atoms with van der Waals surface area (Å²) in [5.41, 5.74) is 3.71. The fraction of sp³-hybridized carbons (Fsp3) is 0.333. The number of piperidine rings is 1. The Balaban J connectivity index is 1.57. The number of nitrogens with one attached hydrogen (secondary N) is 1. The van der Waals surface area contributed by atoms with Crippen molar-refractivity contribution in [3.8, 4) is 22.6 Å². The van der Waals surface area contributed by atoms with E-state index in [0.717, 1.165) is 42.6 Å². The minimum atomic E-state index is -1.02. The summed E-state index contributed by atoms with van der Waals surface area (Å²) in [5, 5.41) is 12.8. The van der Waals surface area contributed by atoms with Crippen LogP contribution in [0.3, 0.4) is 0 Å². The molecule has 1 aromatic heterocycles. The van der Waals surface area contributed by atoms with Crippen LogP contribution in [0.2, 0.25) is 0 Å². The van der Waals surface area contributed by atoms with Crippen LogP contribution in [0, 0.1) is 5.82 Å². The number of aromatic carboxylic acids is 1. The number of carboxylic acids is 1. The molecule has 0 bridgehead atoms. The lowest BCUT2D eigenvalue weighted by molar-refractivity contribution is 0.0697. The minimum Gasteiger partial charge on any atom is -0.493 e. The van der Waals surface area contributed by atoms with Crippen molar-refractivity contribution in [3.05, 3.63) is 71.5 Å². The average Bonchev–Trinajstić information content (AvgIpc) is 3.36. The highest BCUT2D eigenvalue weighted by atomic mass is 19.1. The van der Waals surface area contributed by atoms with Gasteiger partial charge in [0.1, 0.15) is 22.8 Å². The van der Waals surface area contributed by atoms with Gasteiger partial charge < -0.3 is 29.2 Å². The maximum atomic E-state index is 13.7. The van der Waals surface area contributed by atoms with Gasteiger partial charge in [0.2, 0.25) is 0 Å². The van der Waals surface area contributed by atoms with E-state index in [0.29, 0.717) is 48.4 Å². The molecule has 1 saturated heterocycles. The van der Waals surface area contributed by atoms with Gasteiger partial charge in [0, 0.05) is 12.6 Å². The normalized spacial score (nSPS) is 13.9. The van der Waals surface area contributed by atoms with Gasteiger partial charge in [0.25, 0.3) is 6.01 Å². The van der Waals surface area contributed by atoms with Crippen molar-refractivity contribution in [2.24, 2.45) is 0 Å². The minimum absolute atomic E-state index is 0.151. The summed E-state index contributed by atoms with van der Waals surface area (Å²) in [6, 6.07) is 15.6. The zero-order chi connectivity index (χ0) is 27.4. The number of nitrogens with zero attached hydrogens (tertiary/aromatic N) is 2. The average molecular weight is 534 g/mol. The van der Waals surface area contributed by atoms with Crippen molar-refractivity contribution >= 4 is 23.1 Å². The molecule has 0 spiro atoms. The van der Waals surface area contributed by atoms with Gasteiger partial charge in [-0.25, -0.2) is 9.18 Å². The van der Waals surface area contributed by atoms with Crippen molar-refractivity contribution in [2.75, 3.05) is 31.2 Å². The monoisotopic (exact) mass is 533 g/mol. The lowest BCUT2D eigenvalue weighted by atomic mass is 9.99. The molecule has 1 aliphatic rings. The molecule has 8 nitrogen and oxygen atoms in total.